The first kappa shape index (κ1) is 14.6. The van der Waals surface area contributed by atoms with Crippen LogP contribution in [0.1, 0.15) is 29.4 Å². The number of aryl methyl sites for hydroxylation is 1. The van der Waals surface area contributed by atoms with Gasteiger partial charge in [0.15, 0.2) is 0 Å². The van der Waals surface area contributed by atoms with Crippen molar-refractivity contribution in [3.63, 3.8) is 0 Å². The molecule has 1 aliphatic rings. The van der Waals surface area contributed by atoms with Crippen LogP contribution in [0.25, 0.3) is 0 Å². The van der Waals surface area contributed by atoms with Crippen molar-refractivity contribution < 1.29 is 13.7 Å². The Bertz CT molecular complexity index is 668. The standard InChI is InChI=1S/C16H18FN3O2/c1-10-7-13(19-22-10)9-20(2)16(21)18-15-8-14(15)11-3-5-12(17)6-4-11/h3-7,14-15H,8-9H2,1-2H3,(H,18,21)/t14-,15+/m0/s1. The Kier molecular flexibility index (Phi) is 3.83. The van der Waals surface area contributed by atoms with Crippen molar-refractivity contribution >= 4 is 6.03 Å². The minimum absolute atomic E-state index is 0.111. The number of aromatic nitrogens is 1. The smallest absolute Gasteiger partial charge is 0.317 e. The molecule has 5 nitrogen and oxygen atoms in total. The van der Waals surface area contributed by atoms with Gasteiger partial charge in [-0.15, -0.1) is 0 Å². The van der Waals surface area contributed by atoms with E-state index in [9.17, 15) is 9.18 Å². The molecule has 1 heterocycles. The highest BCUT2D eigenvalue weighted by Crippen LogP contribution is 2.40. The molecule has 0 spiro atoms. The first-order chi connectivity index (χ1) is 10.5. The van der Waals surface area contributed by atoms with Crippen molar-refractivity contribution in [3.05, 3.63) is 53.2 Å². The molecule has 0 saturated heterocycles. The van der Waals surface area contributed by atoms with Gasteiger partial charge in [-0.2, -0.15) is 0 Å². The SMILES string of the molecule is Cc1cc(CN(C)C(=O)N[C@@H]2C[C@H]2c2ccc(F)cc2)no1. The molecule has 2 amide bonds. The Morgan fingerprint density at radius 2 is 2.18 bits per heavy atom. The fourth-order valence-corrected chi connectivity index (χ4v) is 2.51. The van der Waals surface area contributed by atoms with E-state index in [0.717, 1.165) is 23.4 Å². The predicted octanol–water partition coefficient (Wildman–Crippen LogP) is 2.82. The number of halogens is 1. The van der Waals surface area contributed by atoms with E-state index < -0.39 is 0 Å². The summed E-state index contributed by atoms with van der Waals surface area (Å²) >= 11 is 0. The second-order valence-corrected chi connectivity index (χ2v) is 5.73. The van der Waals surface area contributed by atoms with Gasteiger partial charge in [0.05, 0.1) is 6.54 Å². The number of nitrogens with one attached hydrogen (secondary N) is 1. The number of nitrogens with zero attached hydrogens (tertiary/aromatic N) is 2. The number of benzene rings is 1. The summed E-state index contributed by atoms with van der Waals surface area (Å²) in [6.07, 6.45) is 0.883. The maximum Gasteiger partial charge on any atom is 0.317 e. The van der Waals surface area contributed by atoms with Crippen molar-refractivity contribution in [2.75, 3.05) is 7.05 Å². The minimum Gasteiger partial charge on any atom is -0.361 e. The lowest BCUT2D eigenvalue weighted by atomic mass is 10.1. The maximum absolute atomic E-state index is 12.9. The van der Waals surface area contributed by atoms with Gasteiger partial charge in [-0.05, 0) is 31.0 Å². The Morgan fingerprint density at radius 1 is 1.45 bits per heavy atom. The molecule has 0 radical (unpaired) electrons. The van der Waals surface area contributed by atoms with Crippen LogP contribution >= 0.6 is 0 Å². The van der Waals surface area contributed by atoms with Crippen LogP contribution < -0.4 is 5.32 Å². The van der Waals surface area contributed by atoms with Gasteiger partial charge in [-0.25, -0.2) is 9.18 Å². The lowest BCUT2D eigenvalue weighted by molar-refractivity contribution is 0.205. The molecule has 6 heteroatoms. The molecule has 1 fully saturated rings. The summed E-state index contributed by atoms with van der Waals surface area (Å²) < 4.78 is 17.9. The van der Waals surface area contributed by atoms with Crippen LogP contribution in [0.5, 0.6) is 0 Å². The second kappa shape index (κ2) is 5.79. The van der Waals surface area contributed by atoms with Gasteiger partial charge >= 0.3 is 6.03 Å². The van der Waals surface area contributed by atoms with Gasteiger partial charge in [0.25, 0.3) is 0 Å². The molecule has 2 aromatic rings. The highest BCUT2D eigenvalue weighted by Gasteiger charge is 2.39. The van der Waals surface area contributed by atoms with E-state index in [1.54, 1.807) is 24.1 Å². The third kappa shape index (κ3) is 3.27. The summed E-state index contributed by atoms with van der Waals surface area (Å²) in [5.74, 6) is 0.752. The van der Waals surface area contributed by atoms with Crippen LogP contribution in [0.15, 0.2) is 34.9 Å². The zero-order valence-electron chi connectivity index (χ0n) is 12.5. The molecule has 0 unspecified atom stereocenters. The molecule has 0 aliphatic heterocycles. The monoisotopic (exact) mass is 303 g/mol. The summed E-state index contributed by atoms with van der Waals surface area (Å²) in [6.45, 7) is 2.21. The van der Waals surface area contributed by atoms with Crippen LogP contribution in [0.4, 0.5) is 9.18 Å². The molecule has 1 saturated carbocycles. The number of hydrogen-bond donors (Lipinski definition) is 1. The van der Waals surface area contributed by atoms with Crippen molar-refractivity contribution in [1.82, 2.24) is 15.4 Å². The van der Waals surface area contributed by atoms with E-state index in [-0.39, 0.29) is 23.8 Å². The highest BCUT2D eigenvalue weighted by atomic mass is 19.1. The van der Waals surface area contributed by atoms with Gasteiger partial charge in [0.2, 0.25) is 0 Å². The van der Waals surface area contributed by atoms with Gasteiger partial charge < -0.3 is 14.7 Å². The Morgan fingerprint density at radius 3 is 2.82 bits per heavy atom. The summed E-state index contributed by atoms with van der Waals surface area (Å²) in [7, 11) is 1.72. The fraction of sp³-hybridized carbons (Fsp3) is 0.375. The van der Waals surface area contributed by atoms with Gasteiger partial charge in [-0.3, -0.25) is 0 Å². The number of rotatable bonds is 4. The quantitative estimate of drug-likeness (QED) is 0.945. The highest BCUT2D eigenvalue weighted by molar-refractivity contribution is 5.74. The van der Waals surface area contributed by atoms with Crippen molar-refractivity contribution in [3.8, 4) is 0 Å². The zero-order valence-corrected chi connectivity index (χ0v) is 12.5. The fourth-order valence-electron chi connectivity index (χ4n) is 2.51. The van der Waals surface area contributed by atoms with Gasteiger partial charge in [0.1, 0.15) is 17.3 Å². The van der Waals surface area contributed by atoms with E-state index in [0.29, 0.717) is 6.54 Å². The Balaban J connectivity index is 1.51. The molecular formula is C16H18FN3O2. The molecular weight excluding hydrogens is 285 g/mol. The number of amides is 2. The molecule has 2 atom stereocenters. The lowest BCUT2D eigenvalue weighted by Crippen LogP contribution is -2.38. The summed E-state index contributed by atoms with van der Waals surface area (Å²) in [6, 6.07) is 8.22. The van der Waals surface area contributed by atoms with E-state index >= 15 is 0 Å². The third-order valence-corrected chi connectivity index (χ3v) is 3.82. The van der Waals surface area contributed by atoms with Crippen molar-refractivity contribution in [1.29, 1.82) is 0 Å². The first-order valence-corrected chi connectivity index (χ1v) is 7.22. The first-order valence-electron chi connectivity index (χ1n) is 7.22. The van der Waals surface area contributed by atoms with Gasteiger partial charge in [-0.1, -0.05) is 17.3 Å². The average Bonchev–Trinajstić information content (AvgIpc) is 3.13. The molecule has 1 aliphatic carbocycles. The Labute approximate surface area is 128 Å². The molecule has 0 bridgehead atoms. The Hall–Kier alpha value is -2.37. The molecule has 3 rings (SSSR count). The largest absolute Gasteiger partial charge is 0.361 e. The molecule has 1 aromatic carbocycles. The number of hydrogen-bond acceptors (Lipinski definition) is 3. The summed E-state index contributed by atoms with van der Waals surface area (Å²) in [4.78, 5) is 13.7. The van der Waals surface area contributed by atoms with E-state index in [1.165, 1.54) is 12.1 Å². The third-order valence-electron chi connectivity index (χ3n) is 3.82. The number of carbonyl (C=O) groups is 1. The average molecular weight is 303 g/mol. The summed E-state index contributed by atoms with van der Waals surface area (Å²) in [5, 5.41) is 6.85. The van der Waals surface area contributed by atoms with Crippen LogP contribution in [-0.2, 0) is 6.54 Å². The zero-order chi connectivity index (χ0) is 15.7. The normalized spacial score (nSPS) is 19.8. The summed E-state index contributed by atoms with van der Waals surface area (Å²) in [5.41, 5.74) is 1.78. The maximum atomic E-state index is 12.9. The van der Waals surface area contributed by atoms with Crippen LogP contribution in [0.2, 0.25) is 0 Å². The molecule has 1 aromatic heterocycles. The predicted molar refractivity (Wildman–Crippen MR) is 78.8 cm³/mol. The van der Waals surface area contributed by atoms with E-state index in [2.05, 4.69) is 10.5 Å². The topological polar surface area (TPSA) is 58.4 Å². The van der Waals surface area contributed by atoms with Crippen molar-refractivity contribution in [2.24, 2.45) is 0 Å². The minimum atomic E-state index is -0.243. The second-order valence-electron chi connectivity index (χ2n) is 5.73. The number of urea groups is 1. The van der Waals surface area contributed by atoms with E-state index in [4.69, 9.17) is 4.52 Å². The van der Waals surface area contributed by atoms with Crippen LogP contribution in [0, 0.1) is 12.7 Å². The van der Waals surface area contributed by atoms with Crippen LogP contribution in [-0.4, -0.2) is 29.2 Å². The molecule has 116 valence electrons. The lowest BCUT2D eigenvalue weighted by Gasteiger charge is -2.16. The number of carbonyl (C=O) groups excluding carboxylic acids is 1. The van der Waals surface area contributed by atoms with E-state index in [1.807, 2.05) is 13.0 Å². The molecule has 1 N–H and O–H groups in total. The molecule has 22 heavy (non-hydrogen) atoms. The van der Waals surface area contributed by atoms with Crippen LogP contribution in [0.3, 0.4) is 0 Å². The van der Waals surface area contributed by atoms with Crippen molar-refractivity contribution in [2.45, 2.75) is 31.8 Å². The van der Waals surface area contributed by atoms with Gasteiger partial charge in [0, 0.05) is 25.1 Å².